The summed E-state index contributed by atoms with van der Waals surface area (Å²) in [5.41, 5.74) is 4.95. The fourth-order valence-corrected chi connectivity index (χ4v) is 1.93. The monoisotopic (exact) mass is 309 g/mol. The van der Waals surface area contributed by atoms with Gasteiger partial charge in [-0.25, -0.2) is 5.43 Å². The number of carbonyl (C=O) groups is 2. The normalized spacial score (nSPS) is 11.9. The Balaban J connectivity index is 1.85. The molecule has 0 aliphatic carbocycles. The van der Waals surface area contributed by atoms with Gasteiger partial charge in [-0.2, -0.15) is 5.10 Å². The van der Waals surface area contributed by atoms with E-state index in [9.17, 15) is 9.59 Å². The summed E-state index contributed by atoms with van der Waals surface area (Å²) in [6.45, 7) is 3.90. The lowest BCUT2D eigenvalue weighted by Crippen LogP contribution is -2.32. The molecule has 0 saturated heterocycles. The van der Waals surface area contributed by atoms with Crippen LogP contribution in [0, 0.1) is 6.92 Å². The molecule has 0 spiro atoms. The summed E-state index contributed by atoms with van der Waals surface area (Å²) in [6.07, 6.45) is 1.59. The molecular weight excluding hydrogens is 290 g/mol. The molecule has 2 N–H and O–H groups in total. The Morgan fingerprint density at radius 1 is 1.00 bits per heavy atom. The average molecular weight is 309 g/mol. The first-order valence-electron chi connectivity index (χ1n) is 7.32. The number of rotatable bonds is 4. The summed E-state index contributed by atoms with van der Waals surface area (Å²) in [6, 6.07) is 16.9. The smallest absolute Gasteiger partial charge is 0.318 e. The second-order valence-corrected chi connectivity index (χ2v) is 5.24. The first-order valence-corrected chi connectivity index (χ1v) is 7.32. The summed E-state index contributed by atoms with van der Waals surface area (Å²) < 4.78 is 0. The molecule has 0 aromatic heterocycles. The van der Waals surface area contributed by atoms with Crippen molar-refractivity contribution in [2.45, 2.75) is 19.8 Å². The summed E-state index contributed by atoms with van der Waals surface area (Å²) in [7, 11) is 0. The van der Waals surface area contributed by atoms with Crippen LogP contribution in [-0.4, -0.2) is 18.0 Å². The van der Waals surface area contributed by atoms with Crippen molar-refractivity contribution < 1.29 is 9.59 Å². The summed E-state index contributed by atoms with van der Waals surface area (Å²) in [5, 5.41) is 6.35. The van der Waals surface area contributed by atoms with Crippen molar-refractivity contribution in [2.24, 2.45) is 5.10 Å². The molecule has 0 aliphatic rings. The van der Waals surface area contributed by atoms with Gasteiger partial charge in [-0.1, -0.05) is 55.0 Å². The van der Waals surface area contributed by atoms with Crippen LogP contribution in [0.2, 0.25) is 0 Å². The molecular formula is C18H19N3O2. The van der Waals surface area contributed by atoms with Gasteiger partial charge in [0.25, 0.3) is 0 Å². The zero-order chi connectivity index (χ0) is 16.7. The number of amides is 2. The first kappa shape index (κ1) is 16.4. The van der Waals surface area contributed by atoms with Crippen molar-refractivity contribution in [3.63, 3.8) is 0 Å². The Kier molecular flexibility index (Phi) is 5.63. The number of nitrogens with zero attached hydrogens (tertiary/aromatic N) is 1. The number of hydrogen-bond acceptors (Lipinski definition) is 3. The highest BCUT2D eigenvalue weighted by Crippen LogP contribution is 2.11. The minimum atomic E-state index is -0.804. The van der Waals surface area contributed by atoms with Gasteiger partial charge in [0.05, 0.1) is 0 Å². The second-order valence-electron chi connectivity index (χ2n) is 5.24. The van der Waals surface area contributed by atoms with Gasteiger partial charge >= 0.3 is 11.8 Å². The molecule has 0 bridgehead atoms. The van der Waals surface area contributed by atoms with Gasteiger partial charge in [0.15, 0.2) is 0 Å². The van der Waals surface area contributed by atoms with E-state index in [1.807, 2.05) is 56.3 Å². The van der Waals surface area contributed by atoms with Gasteiger partial charge in [0.2, 0.25) is 0 Å². The standard InChI is InChI=1S/C18H19N3O2/c1-13-8-10-16(11-9-13)20-17(22)18(23)21-19-12-14(2)15-6-4-3-5-7-15/h3-12,14H,1-2H3,(H,20,22)(H,21,23)/b19-12-/t14-/m0/s1. The molecule has 2 rings (SSSR count). The number of hydrogen-bond donors (Lipinski definition) is 2. The molecule has 5 nitrogen and oxygen atoms in total. The van der Waals surface area contributed by atoms with Crippen LogP contribution < -0.4 is 10.7 Å². The Morgan fingerprint density at radius 2 is 1.65 bits per heavy atom. The van der Waals surface area contributed by atoms with E-state index in [2.05, 4.69) is 15.8 Å². The molecule has 2 amide bonds. The highest BCUT2D eigenvalue weighted by Gasteiger charge is 2.12. The Hall–Kier alpha value is -2.95. The highest BCUT2D eigenvalue weighted by atomic mass is 16.2. The lowest BCUT2D eigenvalue weighted by molar-refractivity contribution is -0.136. The molecule has 5 heteroatoms. The van der Waals surface area contributed by atoms with E-state index >= 15 is 0 Å². The second kappa shape index (κ2) is 7.89. The maximum atomic E-state index is 11.7. The molecule has 118 valence electrons. The van der Waals surface area contributed by atoms with Crippen molar-refractivity contribution in [2.75, 3.05) is 5.32 Å². The van der Waals surface area contributed by atoms with Gasteiger partial charge in [-0.05, 0) is 24.6 Å². The molecule has 2 aromatic carbocycles. The predicted octanol–water partition coefficient (Wildman–Crippen LogP) is 2.84. The molecule has 0 radical (unpaired) electrons. The number of carbonyl (C=O) groups excluding carboxylic acids is 2. The van der Waals surface area contributed by atoms with E-state index in [1.54, 1.807) is 18.3 Å². The summed E-state index contributed by atoms with van der Waals surface area (Å²) in [4.78, 5) is 23.4. The third kappa shape index (κ3) is 5.07. The molecule has 0 unspecified atom stereocenters. The lowest BCUT2D eigenvalue weighted by atomic mass is 10.0. The summed E-state index contributed by atoms with van der Waals surface area (Å²) in [5.74, 6) is -1.52. The first-order chi connectivity index (χ1) is 11.1. The number of benzene rings is 2. The van der Waals surface area contributed by atoms with Crippen LogP contribution in [0.4, 0.5) is 5.69 Å². The van der Waals surface area contributed by atoms with E-state index in [-0.39, 0.29) is 5.92 Å². The summed E-state index contributed by atoms with van der Waals surface area (Å²) >= 11 is 0. The highest BCUT2D eigenvalue weighted by molar-refractivity contribution is 6.39. The Labute approximate surface area is 135 Å². The fourth-order valence-electron chi connectivity index (χ4n) is 1.93. The maximum Gasteiger partial charge on any atom is 0.329 e. The number of aryl methyl sites for hydroxylation is 1. The van der Waals surface area contributed by atoms with Crippen LogP contribution in [0.3, 0.4) is 0 Å². The molecule has 0 fully saturated rings. The van der Waals surface area contributed by atoms with E-state index in [1.165, 1.54) is 0 Å². The van der Waals surface area contributed by atoms with Crippen LogP contribution in [-0.2, 0) is 9.59 Å². The van der Waals surface area contributed by atoms with Crippen molar-refractivity contribution in [3.05, 3.63) is 65.7 Å². The molecule has 23 heavy (non-hydrogen) atoms. The van der Waals surface area contributed by atoms with Gasteiger partial charge in [-0.15, -0.1) is 0 Å². The van der Waals surface area contributed by atoms with Crippen molar-refractivity contribution in [1.29, 1.82) is 0 Å². The number of hydrazone groups is 1. The lowest BCUT2D eigenvalue weighted by Gasteiger charge is -2.06. The van der Waals surface area contributed by atoms with E-state index < -0.39 is 11.8 Å². The number of anilines is 1. The molecule has 0 heterocycles. The number of nitrogens with one attached hydrogen (secondary N) is 2. The van der Waals surface area contributed by atoms with Gasteiger partial charge < -0.3 is 5.32 Å². The zero-order valence-electron chi connectivity index (χ0n) is 13.1. The molecule has 0 aliphatic heterocycles. The largest absolute Gasteiger partial charge is 0.329 e. The van der Waals surface area contributed by atoms with Crippen LogP contribution >= 0.6 is 0 Å². The third-order valence-electron chi connectivity index (χ3n) is 3.31. The van der Waals surface area contributed by atoms with E-state index in [0.717, 1.165) is 11.1 Å². The molecule has 2 aromatic rings. The minimum Gasteiger partial charge on any atom is -0.318 e. The Morgan fingerprint density at radius 3 is 2.30 bits per heavy atom. The van der Waals surface area contributed by atoms with E-state index in [4.69, 9.17) is 0 Å². The van der Waals surface area contributed by atoms with Crippen molar-refractivity contribution >= 4 is 23.7 Å². The third-order valence-corrected chi connectivity index (χ3v) is 3.31. The van der Waals surface area contributed by atoms with Crippen LogP contribution in [0.25, 0.3) is 0 Å². The SMILES string of the molecule is Cc1ccc(NC(=O)C(=O)N/N=C\[C@H](C)c2ccccc2)cc1. The van der Waals surface area contributed by atoms with Crippen molar-refractivity contribution in [1.82, 2.24) is 5.43 Å². The topological polar surface area (TPSA) is 70.6 Å². The zero-order valence-corrected chi connectivity index (χ0v) is 13.1. The van der Waals surface area contributed by atoms with Gasteiger partial charge in [0, 0.05) is 17.8 Å². The average Bonchev–Trinajstić information content (AvgIpc) is 2.57. The van der Waals surface area contributed by atoms with Crippen molar-refractivity contribution in [3.8, 4) is 0 Å². The van der Waals surface area contributed by atoms with Crippen LogP contribution in [0.5, 0.6) is 0 Å². The molecule has 1 atom stereocenters. The minimum absolute atomic E-state index is 0.0386. The maximum absolute atomic E-state index is 11.7. The van der Waals surface area contributed by atoms with E-state index in [0.29, 0.717) is 5.69 Å². The predicted molar refractivity (Wildman–Crippen MR) is 91.3 cm³/mol. The Bertz CT molecular complexity index is 694. The van der Waals surface area contributed by atoms with Crippen LogP contribution in [0.1, 0.15) is 24.0 Å². The van der Waals surface area contributed by atoms with Gasteiger partial charge in [-0.3, -0.25) is 9.59 Å². The quantitative estimate of drug-likeness (QED) is 0.518. The van der Waals surface area contributed by atoms with Gasteiger partial charge in [0.1, 0.15) is 0 Å². The molecule has 0 saturated carbocycles. The van der Waals surface area contributed by atoms with Crippen LogP contribution in [0.15, 0.2) is 59.7 Å². The fraction of sp³-hybridized carbons (Fsp3) is 0.167.